The van der Waals surface area contributed by atoms with Crippen molar-refractivity contribution in [2.45, 2.75) is 47.0 Å². The fourth-order valence-corrected chi connectivity index (χ4v) is 4.32. The molecule has 0 fully saturated rings. The predicted octanol–water partition coefficient (Wildman–Crippen LogP) is 6.29. The number of nitrogens with two attached hydrogens (primary N) is 1. The van der Waals surface area contributed by atoms with Gasteiger partial charge in [0.25, 0.3) is 5.91 Å². The van der Waals surface area contributed by atoms with Gasteiger partial charge in [-0.1, -0.05) is 62.7 Å². The highest BCUT2D eigenvalue weighted by Gasteiger charge is 2.21. The van der Waals surface area contributed by atoms with Crippen LogP contribution in [0, 0.1) is 5.92 Å². The van der Waals surface area contributed by atoms with Crippen LogP contribution >= 0.6 is 23.2 Å². The van der Waals surface area contributed by atoms with Crippen molar-refractivity contribution in [1.29, 1.82) is 0 Å². The highest BCUT2D eigenvalue weighted by atomic mass is 35.5. The number of nitrogens with zero attached hydrogens (tertiary/aromatic N) is 1. The number of amides is 2. The Morgan fingerprint density at radius 3 is 2.44 bits per heavy atom. The molecule has 0 radical (unpaired) electrons. The number of benzene rings is 3. The minimum atomic E-state index is -0.788. The summed E-state index contributed by atoms with van der Waals surface area (Å²) in [5.41, 5.74) is 8.22. The van der Waals surface area contributed by atoms with Gasteiger partial charge < -0.3 is 25.5 Å². The zero-order valence-corrected chi connectivity index (χ0v) is 22.5. The van der Waals surface area contributed by atoms with Gasteiger partial charge in [-0.15, -0.1) is 0 Å². The van der Waals surface area contributed by atoms with Crippen molar-refractivity contribution in [2.24, 2.45) is 11.7 Å². The Morgan fingerprint density at radius 1 is 1.00 bits per heavy atom. The quantitative estimate of drug-likeness (QED) is 0.195. The number of rotatable bonds is 11. The number of aromatic nitrogens is 2. The van der Waals surface area contributed by atoms with Crippen LogP contribution in [-0.2, 0) is 18.0 Å². The van der Waals surface area contributed by atoms with E-state index in [4.69, 9.17) is 38.4 Å². The highest BCUT2D eigenvalue weighted by molar-refractivity contribution is 6.35. The molecule has 2 amide bonds. The number of carbonyl (C=O) groups is 2. The van der Waals surface area contributed by atoms with Crippen LogP contribution in [0.15, 0.2) is 60.7 Å². The lowest BCUT2D eigenvalue weighted by atomic mass is 10.0. The third-order valence-electron chi connectivity index (χ3n) is 5.76. The topological polar surface area (TPSA) is 119 Å². The molecule has 1 heterocycles. The first kappa shape index (κ1) is 29.8. The third-order valence-corrected chi connectivity index (χ3v) is 6.35. The second-order valence-corrected chi connectivity index (χ2v) is 10.1. The van der Waals surface area contributed by atoms with Gasteiger partial charge in [-0.2, -0.15) is 0 Å². The summed E-state index contributed by atoms with van der Waals surface area (Å²) >= 11 is 12.3. The largest absolute Gasteiger partial charge is 0.485 e. The van der Waals surface area contributed by atoms with E-state index in [1.54, 1.807) is 36.4 Å². The molecule has 0 aliphatic rings. The maximum atomic E-state index is 13.0. The number of carbonyl (C=O) groups excluding carboxylic acids is 2. The lowest BCUT2D eigenvalue weighted by Crippen LogP contribution is -2.45. The summed E-state index contributed by atoms with van der Waals surface area (Å²) in [4.78, 5) is 32.6. The molecule has 0 saturated carbocycles. The summed E-state index contributed by atoms with van der Waals surface area (Å²) in [6.45, 7) is 4.16. The Kier molecular flexibility index (Phi) is 10.2. The maximum Gasteiger partial charge on any atom is 0.252 e. The number of nitrogens with one attached hydrogen (secondary N) is 2. The molecule has 0 aliphatic heterocycles. The van der Waals surface area contributed by atoms with Crippen molar-refractivity contribution in [3.05, 3.63) is 87.7 Å². The van der Waals surface area contributed by atoms with E-state index in [0.717, 1.165) is 11.0 Å². The van der Waals surface area contributed by atoms with E-state index in [1.165, 1.54) is 0 Å². The lowest BCUT2D eigenvalue weighted by Gasteiger charge is -2.18. The zero-order valence-electron chi connectivity index (χ0n) is 21.0. The summed E-state index contributed by atoms with van der Waals surface area (Å²) in [6.07, 6.45) is 0.429. The average Bonchev–Trinajstić information content (AvgIpc) is 3.29. The summed E-state index contributed by atoms with van der Waals surface area (Å²) in [6, 6.07) is 16.8. The van der Waals surface area contributed by atoms with Gasteiger partial charge in [0, 0.05) is 21.2 Å². The van der Waals surface area contributed by atoms with E-state index < -0.39 is 17.9 Å². The van der Waals surface area contributed by atoms with Gasteiger partial charge in [-0.05, 0) is 54.8 Å². The number of ether oxygens (including phenoxy) is 2. The van der Waals surface area contributed by atoms with Crippen LogP contribution in [0.3, 0.4) is 0 Å². The van der Waals surface area contributed by atoms with Crippen LogP contribution in [-0.4, -0.2) is 27.8 Å². The summed E-state index contributed by atoms with van der Waals surface area (Å²) in [5, 5.41) is 3.68. The molecule has 3 aromatic carbocycles. The van der Waals surface area contributed by atoms with Gasteiger partial charge in [0.05, 0.1) is 11.0 Å². The van der Waals surface area contributed by atoms with E-state index in [1.807, 2.05) is 38.1 Å². The van der Waals surface area contributed by atoms with Crippen molar-refractivity contribution in [3.8, 4) is 11.5 Å². The van der Waals surface area contributed by atoms with Crippen LogP contribution in [0.2, 0.25) is 10.0 Å². The van der Waals surface area contributed by atoms with E-state index >= 15 is 0 Å². The Balaban J connectivity index is 0.00000420. The fourth-order valence-electron chi connectivity index (χ4n) is 3.85. The van der Waals surface area contributed by atoms with E-state index in [-0.39, 0.29) is 32.1 Å². The number of primary amides is 1. The van der Waals surface area contributed by atoms with Crippen molar-refractivity contribution >= 4 is 46.0 Å². The molecule has 0 aliphatic carbocycles. The highest BCUT2D eigenvalue weighted by Crippen LogP contribution is 2.31. The molecule has 1 unspecified atom stereocenters. The van der Waals surface area contributed by atoms with Gasteiger partial charge in [-0.3, -0.25) is 9.59 Å². The maximum absolute atomic E-state index is 13.0. The molecule has 10 heteroatoms. The van der Waals surface area contributed by atoms with Gasteiger partial charge >= 0.3 is 0 Å². The molecule has 8 nitrogen and oxygen atoms in total. The van der Waals surface area contributed by atoms with E-state index in [0.29, 0.717) is 39.4 Å². The molecule has 0 bridgehead atoms. The molecule has 4 N–H and O–H groups in total. The first-order chi connectivity index (χ1) is 18.2. The van der Waals surface area contributed by atoms with Crippen molar-refractivity contribution in [3.63, 3.8) is 0 Å². The zero-order chi connectivity index (χ0) is 27.2. The standard InChI is InChI=1S/C28H28Cl2N4O4.CH4/c1-16(2)11-23(27(31)35)34-28(36)17-8-10-24(38-15-26-32-21-5-3-4-6-22(21)33-26)25(12-17)37-14-18-7-9-19(29)13-20(18)30;/h3-10,12-13,16,23H,11,14-15H2,1-2H3,(H2,31,35)(H,32,33)(H,34,36);1H4. The van der Waals surface area contributed by atoms with Gasteiger partial charge in [0.2, 0.25) is 5.91 Å². The molecule has 39 heavy (non-hydrogen) atoms. The monoisotopic (exact) mass is 570 g/mol. The summed E-state index contributed by atoms with van der Waals surface area (Å²) in [5.74, 6) is 0.488. The Hall–Kier alpha value is -3.75. The molecular formula is C29H32Cl2N4O4. The number of fused-ring (bicyclic) bond motifs is 1. The van der Waals surface area contributed by atoms with Crippen molar-refractivity contribution < 1.29 is 19.1 Å². The molecule has 4 aromatic rings. The summed E-state index contributed by atoms with van der Waals surface area (Å²) in [7, 11) is 0. The molecule has 0 spiro atoms. The fraction of sp³-hybridized carbons (Fsp3) is 0.276. The normalized spacial score (nSPS) is 11.6. The first-order valence-corrected chi connectivity index (χ1v) is 12.8. The Morgan fingerprint density at radius 2 is 1.74 bits per heavy atom. The number of halogens is 2. The number of hydrogen-bond acceptors (Lipinski definition) is 5. The van der Waals surface area contributed by atoms with Crippen LogP contribution in [0.25, 0.3) is 11.0 Å². The van der Waals surface area contributed by atoms with Crippen LogP contribution < -0.4 is 20.5 Å². The minimum Gasteiger partial charge on any atom is -0.485 e. The third kappa shape index (κ3) is 7.88. The first-order valence-electron chi connectivity index (χ1n) is 12.1. The molecule has 206 valence electrons. The number of hydrogen-bond donors (Lipinski definition) is 3. The van der Waals surface area contributed by atoms with Crippen molar-refractivity contribution in [1.82, 2.24) is 15.3 Å². The SMILES string of the molecule is C.CC(C)CC(NC(=O)c1ccc(OCc2nc3ccccc3[nH]2)c(OCc2ccc(Cl)cc2Cl)c1)C(N)=O. The average molecular weight is 572 g/mol. The summed E-state index contributed by atoms with van der Waals surface area (Å²) < 4.78 is 12.1. The molecule has 0 saturated heterocycles. The number of para-hydroxylation sites is 2. The van der Waals surface area contributed by atoms with Crippen LogP contribution in [0.5, 0.6) is 11.5 Å². The Labute approximate surface area is 237 Å². The smallest absolute Gasteiger partial charge is 0.252 e. The predicted molar refractivity (Wildman–Crippen MR) is 154 cm³/mol. The Bertz CT molecular complexity index is 1420. The number of aromatic amines is 1. The molecule has 4 rings (SSSR count). The lowest BCUT2D eigenvalue weighted by molar-refractivity contribution is -0.120. The van der Waals surface area contributed by atoms with E-state index in [2.05, 4.69) is 15.3 Å². The van der Waals surface area contributed by atoms with Crippen molar-refractivity contribution in [2.75, 3.05) is 0 Å². The van der Waals surface area contributed by atoms with Gasteiger partial charge in [0.15, 0.2) is 11.5 Å². The van der Waals surface area contributed by atoms with Crippen LogP contribution in [0.4, 0.5) is 0 Å². The number of H-pyrrole nitrogens is 1. The number of imidazole rings is 1. The second-order valence-electron chi connectivity index (χ2n) is 9.23. The van der Waals surface area contributed by atoms with Gasteiger partial charge in [-0.25, -0.2) is 4.98 Å². The minimum absolute atomic E-state index is 0. The second kappa shape index (κ2) is 13.4. The molecule has 1 aromatic heterocycles. The van der Waals surface area contributed by atoms with Crippen LogP contribution in [0.1, 0.15) is 49.4 Å². The van der Waals surface area contributed by atoms with Gasteiger partial charge in [0.1, 0.15) is 25.1 Å². The molecule has 1 atom stereocenters. The molecular weight excluding hydrogens is 539 g/mol. The van der Waals surface area contributed by atoms with E-state index in [9.17, 15) is 9.59 Å².